The first-order valence-corrected chi connectivity index (χ1v) is 5.98. The summed E-state index contributed by atoms with van der Waals surface area (Å²) in [5.41, 5.74) is 4.56. The highest BCUT2D eigenvalue weighted by Gasteiger charge is 2.42. The maximum atomic E-state index is 11.5. The molecular formula is C12H19N3O6. The molecule has 1 aliphatic heterocycles. The second-order valence-electron chi connectivity index (χ2n) is 4.83. The number of hydrogen-bond acceptors (Lipinski definition) is 5. The fourth-order valence-electron chi connectivity index (χ4n) is 1.75. The summed E-state index contributed by atoms with van der Waals surface area (Å²) in [6, 6.07) is -0.241. The Labute approximate surface area is 121 Å². The maximum absolute atomic E-state index is 11.5. The Morgan fingerprint density at radius 2 is 1.71 bits per heavy atom. The first kappa shape index (κ1) is 18.6. The topological polar surface area (TPSA) is 150 Å². The Hall–Kier alpha value is -2.42. The highest BCUT2D eigenvalue weighted by atomic mass is 16.4. The third-order valence-corrected chi connectivity index (χ3v) is 2.56. The van der Waals surface area contributed by atoms with E-state index in [1.807, 2.05) is 13.8 Å². The van der Waals surface area contributed by atoms with E-state index >= 15 is 0 Å². The Balaban J connectivity index is 0.000000433. The monoisotopic (exact) mass is 301 g/mol. The van der Waals surface area contributed by atoms with Crippen LogP contribution >= 0.6 is 0 Å². The summed E-state index contributed by atoms with van der Waals surface area (Å²) in [5.74, 6) is -3.08. The van der Waals surface area contributed by atoms with Gasteiger partial charge in [-0.1, -0.05) is 0 Å². The Morgan fingerprint density at radius 3 is 1.95 bits per heavy atom. The molecule has 0 aromatic heterocycles. The predicted octanol–water partition coefficient (Wildman–Crippen LogP) is -1.26. The van der Waals surface area contributed by atoms with Gasteiger partial charge in [-0.05, 0) is 20.8 Å². The van der Waals surface area contributed by atoms with Gasteiger partial charge in [0.25, 0.3) is 0 Å². The minimum Gasteiger partial charge on any atom is -0.478 e. The number of nitrogens with one attached hydrogen (secondary N) is 1. The highest BCUT2D eigenvalue weighted by molar-refractivity contribution is 5.90. The van der Waals surface area contributed by atoms with Crippen molar-refractivity contribution in [2.45, 2.75) is 32.5 Å². The zero-order valence-electron chi connectivity index (χ0n) is 12.0. The summed E-state index contributed by atoms with van der Waals surface area (Å²) in [6.07, 6.45) is 1.12. The van der Waals surface area contributed by atoms with Crippen LogP contribution in [0.5, 0.6) is 0 Å². The van der Waals surface area contributed by atoms with Gasteiger partial charge in [0.1, 0.15) is 6.54 Å². The van der Waals surface area contributed by atoms with E-state index in [1.54, 1.807) is 6.92 Å². The van der Waals surface area contributed by atoms with Gasteiger partial charge < -0.3 is 20.8 Å². The molecule has 2 amide bonds. The van der Waals surface area contributed by atoms with Gasteiger partial charge in [0.05, 0.1) is 11.7 Å². The van der Waals surface area contributed by atoms with E-state index in [0.29, 0.717) is 12.2 Å². The average molecular weight is 301 g/mol. The van der Waals surface area contributed by atoms with Gasteiger partial charge >= 0.3 is 11.9 Å². The van der Waals surface area contributed by atoms with Gasteiger partial charge in [-0.3, -0.25) is 14.9 Å². The van der Waals surface area contributed by atoms with Crippen LogP contribution < -0.4 is 11.1 Å². The molecule has 0 spiro atoms. The molecule has 1 rings (SSSR count). The molecule has 0 aliphatic carbocycles. The van der Waals surface area contributed by atoms with Gasteiger partial charge in [-0.15, -0.1) is 0 Å². The maximum Gasteiger partial charge on any atom is 0.328 e. The second kappa shape index (κ2) is 7.39. The molecule has 1 unspecified atom stereocenters. The molecule has 0 bridgehead atoms. The Bertz CT molecular complexity index is 456. The summed E-state index contributed by atoms with van der Waals surface area (Å²) >= 11 is 0. The van der Waals surface area contributed by atoms with Gasteiger partial charge in [0, 0.05) is 12.2 Å². The molecule has 1 fully saturated rings. The lowest BCUT2D eigenvalue weighted by Crippen LogP contribution is -2.50. The Morgan fingerprint density at radius 1 is 1.29 bits per heavy atom. The van der Waals surface area contributed by atoms with Crippen molar-refractivity contribution < 1.29 is 29.4 Å². The first-order chi connectivity index (χ1) is 9.47. The molecule has 9 heteroatoms. The predicted molar refractivity (Wildman–Crippen MR) is 72.0 cm³/mol. The largest absolute Gasteiger partial charge is 0.478 e. The van der Waals surface area contributed by atoms with E-state index in [-0.39, 0.29) is 18.5 Å². The minimum atomic E-state index is -1.26. The smallest absolute Gasteiger partial charge is 0.328 e. The zero-order chi connectivity index (χ0) is 16.8. The number of rotatable bonds is 4. The summed E-state index contributed by atoms with van der Waals surface area (Å²) in [7, 11) is 0. The van der Waals surface area contributed by atoms with Crippen LogP contribution in [-0.2, 0) is 19.2 Å². The van der Waals surface area contributed by atoms with E-state index in [2.05, 4.69) is 5.32 Å². The number of nitrogens with zero attached hydrogens (tertiary/aromatic N) is 1. The van der Waals surface area contributed by atoms with E-state index in [0.717, 1.165) is 0 Å². The van der Waals surface area contributed by atoms with Crippen molar-refractivity contribution in [3.05, 3.63) is 12.2 Å². The minimum absolute atomic E-state index is 0.0246. The number of carboxylic acids is 2. The molecule has 1 saturated heterocycles. The van der Waals surface area contributed by atoms with E-state index in [9.17, 15) is 19.2 Å². The SMILES string of the molecule is CC1NC(C)(C)N(CC(N)=O)C1=O.O=C(O)/C=C\C(=O)O. The van der Waals surface area contributed by atoms with Crippen LogP contribution in [0, 0.1) is 0 Å². The lowest BCUT2D eigenvalue weighted by Gasteiger charge is -2.29. The van der Waals surface area contributed by atoms with Gasteiger partial charge in [-0.2, -0.15) is 0 Å². The number of nitrogens with two attached hydrogens (primary N) is 1. The molecule has 21 heavy (non-hydrogen) atoms. The van der Waals surface area contributed by atoms with Crippen molar-refractivity contribution in [1.82, 2.24) is 10.2 Å². The quantitative estimate of drug-likeness (QED) is 0.473. The van der Waals surface area contributed by atoms with Crippen molar-refractivity contribution in [2.75, 3.05) is 6.54 Å². The Kier molecular flexibility index (Phi) is 6.53. The average Bonchev–Trinajstić information content (AvgIpc) is 2.49. The number of primary amides is 1. The number of hydrogen-bond donors (Lipinski definition) is 4. The number of carbonyl (C=O) groups is 4. The van der Waals surface area contributed by atoms with Gasteiger partial charge in [-0.25, -0.2) is 9.59 Å². The third-order valence-electron chi connectivity index (χ3n) is 2.56. The van der Waals surface area contributed by atoms with Crippen LogP contribution in [0.1, 0.15) is 20.8 Å². The van der Waals surface area contributed by atoms with Gasteiger partial charge in [0.2, 0.25) is 11.8 Å². The van der Waals surface area contributed by atoms with Crippen molar-refractivity contribution >= 4 is 23.8 Å². The molecule has 9 nitrogen and oxygen atoms in total. The van der Waals surface area contributed by atoms with E-state index in [1.165, 1.54) is 4.90 Å². The molecule has 0 saturated carbocycles. The summed E-state index contributed by atoms with van der Waals surface area (Å²) in [4.78, 5) is 42.8. The zero-order valence-corrected chi connectivity index (χ0v) is 12.0. The van der Waals surface area contributed by atoms with Crippen LogP contribution in [0.4, 0.5) is 0 Å². The number of carboxylic acid groups (broad SMARTS) is 2. The van der Waals surface area contributed by atoms with Gasteiger partial charge in [0.15, 0.2) is 0 Å². The van der Waals surface area contributed by atoms with Crippen LogP contribution in [0.2, 0.25) is 0 Å². The van der Waals surface area contributed by atoms with Crippen molar-refractivity contribution in [2.24, 2.45) is 5.73 Å². The summed E-state index contributed by atoms with van der Waals surface area (Å²) in [5, 5.41) is 18.7. The fraction of sp³-hybridized carbons (Fsp3) is 0.500. The molecular weight excluding hydrogens is 282 g/mol. The summed E-state index contributed by atoms with van der Waals surface area (Å²) < 4.78 is 0. The van der Waals surface area contributed by atoms with Crippen molar-refractivity contribution in [3.63, 3.8) is 0 Å². The van der Waals surface area contributed by atoms with Crippen molar-refractivity contribution in [1.29, 1.82) is 0 Å². The summed E-state index contributed by atoms with van der Waals surface area (Å²) in [6.45, 7) is 5.43. The molecule has 118 valence electrons. The van der Waals surface area contributed by atoms with Crippen LogP contribution in [0.3, 0.4) is 0 Å². The van der Waals surface area contributed by atoms with E-state index < -0.39 is 23.5 Å². The molecule has 0 aromatic rings. The van der Waals surface area contributed by atoms with Crippen molar-refractivity contribution in [3.8, 4) is 0 Å². The number of carbonyl (C=O) groups excluding carboxylic acids is 2. The molecule has 1 heterocycles. The lowest BCUT2D eigenvalue weighted by atomic mass is 10.2. The highest BCUT2D eigenvalue weighted by Crippen LogP contribution is 2.19. The molecule has 1 aliphatic rings. The standard InChI is InChI=1S/C8H15N3O2.C4H4O4/c1-5-7(13)11(4-6(9)12)8(2,3)10-5;5-3(6)1-2-4(7)8/h5,10H,4H2,1-3H3,(H2,9,12);1-2H,(H,5,6)(H,7,8)/b;2-1-. The first-order valence-electron chi connectivity index (χ1n) is 5.98. The fourth-order valence-corrected chi connectivity index (χ4v) is 1.75. The molecule has 0 radical (unpaired) electrons. The number of amides is 2. The van der Waals surface area contributed by atoms with E-state index in [4.69, 9.17) is 15.9 Å². The third kappa shape index (κ3) is 6.52. The number of aliphatic carboxylic acids is 2. The van der Waals surface area contributed by atoms with Crippen LogP contribution in [0.25, 0.3) is 0 Å². The normalized spacial score (nSPS) is 20.0. The second-order valence-corrected chi connectivity index (χ2v) is 4.83. The lowest BCUT2D eigenvalue weighted by molar-refractivity contribution is -0.135. The molecule has 1 atom stereocenters. The molecule has 0 aromatic carbocycles. The molecule has 5 N–H and O–H groups in total. The van der Waals surface area contributed by atoms with Crippen LogP contribution in [0.15, 0.2) is 12.2 Å². The van der Waals surface area contributed by atoms with Crippen LogP contribution in [-0.4, -0.2) is 57.1 Å².